The third-order valence-corrected chi connectivity index (χ3v) is 0.571. The lowest BCUT2D eigenvalue weighted by Crippen LogP contribution is -2.22. The maximum absolute atomic E-state index is 9.50. The average Bonchev–Trinajstić information content (AvgIpc) is 1.65. The predicted octanol–water partition coefficient (Wildman–Crippen LogP) is -1.38. The fraction of sp³-hybridized carbons (Fsp3) is 1.00. The van der Waals surface area contributed by atoms with Crippen molar-refractivity contribution in [1.29, 1.82) is 0 Å². The fourth-order valence-corrected chi connectivity index (χ4v) is 0.230. The van der Waals surface area contributed by atoms with Crippen LogP contribution in [-0.4, -0.2) is 34.4 Å². The van der Waals surface area contributed by atoms with E-state index in [1.807, 2.05) is 0 Å². The number of aliphatic hydroxyl groups excluding tert-OH is 2. The predicted molar refractivity (Wildman–Crippen MR) is 25.0 cm³/mol. The number of aliphatic hydroxyl groups is 2. The van der Waals surface area contributed by atoms with Crippen molar-refractivity contribution in [3.8, 4) is 0 Å². The van der Waals surface area contributed by atoms with Gasteiger partial charge in [-0.25, -0.2) is 0 Å². The number of hydrogen-bond acceptors (Lipinski definition) is 4. The molecule has 0 fully saturated rings. The van der Waals surface area contributed by atoms with Crippen LogP contribution < -0.4 is 0 Å². The topological polar surface area (TPSA) is 83.6 Å². The Hall–Kier alpha value is -0.680. The van der Waals surface area contributed by atoms with E-state index < -0.39 is 24.2 Å². The van der Waals surface area contributed by atoms with E-state index >= 15 is 0 Å². The summed E-state index contributed by atoms with van der Waals surface area (Å²) in [5.41, 5.74) is 0. The second-order valence-electron chi connectivity index (χ2n) is 1.35. The normalized spacial score (nSPS) is 13.2. The van der Waals surface area contributed by atoms with Gasteiger partial charge in [0.25, 0.3) is 0 Å². The Labute approximate surface area is 45.7 Å². The minimum absolute atomic E-state index is 0.555. The highest BCUT2D eigenvalue weighted by molar-refractivity contribution is 4.46. The molecule has 5 nitrogen and oxygen atoms in total. The van der Waals surface area contributed by atoms with Gasteiger partial charge in [-0.2, -0.15) is 0 Å². The largest absolute Gasteiger partial charge is 0.393 e. The summed E-state index contributed by atoms with van der Waals surface area (Å²) in [6, 6.07) is 0. The third-order valence-electron chi connectivity index (χ3n) is 0.571. The van der Waals surface area contributed by atoms with Crippen molar-refractivity contribution < 1.29 is 15.1 Å². The van der Waals surface area contributed by atoms with Crippen molar-refractivity contribution in [3.05, 3.63) is 10.1 Å². The van der Waals surface area contributed by atoms with Crippen LogP contribution in [0.1, 0.15) is 0 Å². The van der Waals surface area contributed by atoms with Gasteiger partial charge in [-0.1, -0.05) is 0 Å². The van der Waals surface area contributed by atoms with Crippen LogP contribution in [0.2, 0.25) is 0 Å². The molecule has 8 heavy (non-hydrogen) atoms. The van der Waals surface area contributed by atoms with Gasteiger partial charge in [0.15, 0.2) is 0 Å². The smallest absolute Gasteiger partial charge is 0.231 e. The fourth-order valence-electron chi connectivity index (χ4n) is 0.230. The first-order valence-electron chi connectivity index (χ1n) is 2.07. The zero-order valence-corrected chi connectivity index (χ0v) is 4.15. The number of rotatable bonds is 3. The van der Waals surface area contributed by atoms with E-state index in [-0.39, 0.29) is 0 Å². The molecule has 0 aromatic carbocycles. The van der Waals surface area contributed by atoms with Crippen molar-refractivity contribution in [3.63, 3.8) is 0 Å². The molecule has 0 aromatic rings. The molecule has 2 N–H and O–H groups in total. The molecule has 0 bridgehead atoms. The molecular weight excluding hydrogens is 114 g/mol. The molecule has 0 radical (unpaired) electrons. The Morgan fingerprint density at radius 1 is 1.75 bits per heavy atom. The van der Waals surface area contributed by atoms with Crippen LogP contribution in [0.15, 0.2) is 0 Å². The molecule has 0 amide bonds. The van der Waals surface area contributed by atoms with Crippen LogP contribution in [-0.2, 0) is 0 Å². The van der Waals surface area contributed by atoms with Crippen LogP contribution in [0.4, 0.5) is 0 Å². The van der Waals surface area contributed by atoms with Gasteiger partial charge in [0, 0.05) is 4.92 Å². The summed E-state index contributed by atoms with van der Waals surface area (Å²) in [6.07, 6.45) is -1.22. The van der Waals surface area contributed by atoms with Gasteiger partial charge in [-0.15, -0.1) is 0 Å². The molecule has 1 unspecified atom stereocenters. The second kappa shape index (κ2) is 3.34. The first-order chi connectivity index (χ1) is 3.66. The van der Waals surface area contributed by atoms with Crippen LogP contribution in [0, 0.1) is 10.1 Å². The molecule has 0 aliphatic rings. The maximum atomic E-state index is 9.50. The molecule has 48 valence electrons. The lowest BCUT2D eigenvalue weighted by molar-refractivity contribution is -0.491. The first-order valence-corrected chi connectivity index (χ1v) is 2.07. The van der Waals surface area contributed by atoms with E-state index in [4.69, 9.17) is 10.2 Å². The third kappa shape index (κ3) is 3.51. The highest BCUT2D eigenvalue weighted by atomic mass is 16.6. The zero-order valence-electron chi connectivity index (χ0n) is 4.15. The molecule has 0 aliphatic carbocycles. The van der Waals surface area contributed by atoms with Crippen molar-refractivity contribution >= 4 is 0 Å². The van der Waals surface area contributed by atoms with Gasteiger partial charge >= 0.3 is 0 Å². The van der Waals surface area contributed by atoms with Crippen molar-refractivity contribution in [2.45, 2.75) is 6.10 Å². The van der Waals surface area contributed by atoms with Crippen LogP contribution in [0.5, 0.6) is 0 Å². The molecule has 0 heterocycles. The van der Waals surface area contributed by atoms with E-state index in [9.17, 15) is 10.1 Å². The SMILES string of the molecule is O=[N+]([O-])CC(O)CO. The maximum Gasteiger partial charge on any atom is 0.231 e. The molecule has 5 heteroatoms. The number of nitro groups is 1. The van der Waals surface area contributed by atoms with Gasteiger partial charge < -0.3 is 10.2 Å². The Balaban J connectivity index is 3.24. The van der Waals surface area contributed by atoms with E-state index in [1.54, 1.807) is 0 Å². The van der Waals surface area contributed by atoms with E-state index in [0.717, 1.165) is 0 Å². The van der Waals surface area contributed by atoms with Gasteiger partial charge in [0.05, 0.1) is 6.61 Å². The highest BCUT2D eigenvalue weighted by Crippen LogP contribution is 1.79. The first kappa shape index (κ1) is 7.32. The molecular formula is C3H7NO4. The Morgan fingerprint density at radius 2 is 2.25 bits per heavy atom. The number of nitrogens with zero attached hydrogens (tertiary/aromatic N) is 1. The van der Waals surface area contributed by atoms with Crippen molar-refractivity contribution in [2.75, 3.05) is 13.2 Å². The van der Waals surface area contributed by atoms with Gasteiger partial charge in [-0.05, 0) is 0 Å². The minimum Gasteiger partial charge on any atom is -0.393 e. The van der Waals surface area contributed by atoms with Crippen molar-refractivity contribution in [2.24, 2.45) is 0 Å². The van der Waals surface area contributed by atoms with Crippen LogP contribution >= 0.6 is 0 Å². The Kier molecular flexibility index (Phi) is 3.05. The van der Waals surface area contributed by atoms with Gasteiger partial charge in [0.2, 0.25) is 6.54 Å². The molecule has 0 spiro atoms. The Bertz CT molecular complexity index is 83.4. The summed E-state index contributed by atoms with van der Waals surface area (Å²) in [5.74, 6) is 0. The monoisotopic (exact) mass is 121 g/mol. The lowest BCUT2D eigenvalue weighted by atomic mass is 10.4. The summed E-state index contributed by atoms with van der Waals surface area (Å²) in [5, 5.41) is 25.9. The number of hydrogen-bond donors (Lipinski definition) is 2. The van der Waals surface area contributed by atoms with Gasteiger partial charge in [0.1, 0.15) is 6.10 Å². The molecule has 0 saturated carbocycles. The highest BCUT2D eigenvalue weighted by Gasteiger charge is 2.07. The van der Waals surface area contributed by atoms with E-state index in [0.29, 0.717) is 0 Å². The zero-order chi connectivity index (χ0) is 6.57. The lowest BCUT2D eigenvalue weighted by Gasteiger charge is -1.97. The summed E-state index contributed by atoms with van der Waals surface area (Å²) >= 11 is 0. The molecule has 0 aromatic heterocycles. The summed E-state index contributed by atoms with van der Waals surface area (Å²) in [6.45, 7) is -1.14. The Morgan fingerprint density at radius 3 is 2.38 bits per heavy atom. The van der Waals surface area contributed by atoms with Crippen molar-refractivity contribution in [1.82, 2.24) is 0 Å². The van der Waals surface area contributed by atoms with Crippen LogP contribution in [0.25, 0.3) is 0 Å². The summed E-state index contributed by atoms with van der Waals surface area (Å²) in [7, 11) is 0. The van der Waals surface area contributed by atoms with Crippen LogP contribution in [0.3, 0.4) is 0 Å². The average molecular weight is 121 g/mol. The molecule has 1 atom stereocenters. The summed E-state index contributed by atoms with van der Waals surface area (Å²) in [4.78, 5) is 8.82. The second-order valence-corrected chi connectivity index (χ2v) is 1.35. The van der Waals surface area contributed by atoms with Gasteiger partial charge in [-0.3, -0.25) is 10.1 Å². The molecule has 0 saturated heterocycles. The summed E-state index contributed by atoms with van der Waals surface area (Å²) < 4.78 is 0. The van der Waals surface area contributed by atoms with E-state index in [1.165, 1.54) is 0 Å². The quantitative estimate of drug-likeness (QED) is 0.356. The molecule has 0 rings (SSSR count). The minimum atomic E-state index is -1.22. The molecule has 0 aliphatic heterocycles. The van der Waals surface area contributed by atoms with E-state index in [2.05, 4.69) is 0 Å². The standard InChI is InChI=1S/C3H7NO4/c5-2-3(6)1-4(7)8/h3,5-6H,1-2H2.